The van der Waals surface area contributed by atoms with Crippen molar-refractivity contribution in [3.63, 3.8) is 0 Å². The maximum atomic E-state index is 11.8. The summed E-state index contributed by atoms with van der Waals surface area (Å²) < 4.78 is 0. The molecule has 0 aromatic rings. The summed E-state index contributed by atoms with van der Waals surface area (Å²) in [4.78, 5) is 13.9. The van der Waals surface area contributed by atoms with Crippen molar-refractivity contribution in [3.8, 4) is 0 Å². The van der Waals surface area contributed by atoms with Crippen molar-refractivity contribution < 1.29 is 9.90 Å². The lowest BCUT2D eigenvalue weighted by molar-refractivity contribution is -0.126. The van der Waals surface area contributed by atoms with Gasteiger partial charge in [0, 0.05) is 6.54 Å². The first-order chi connectivity index (χ1) is 8.06. The lowest BCUT2D eigenvalue weighted by atomic mass is 9.91. The number of amides is 1. The van der Waals surface area contributed by atoms with Gasteiger partial charge in [-0.05, 0) is 45.7 Å². The molecule has 0 aromatic carbocycles. The molecule has 0 saturated carbocycles. The van der Waals surface area contributed by atoms with Gasteiger partial charge in [-0.3, -0.25) is 9.69 Å². The van der Waals surface area contributed by atoms with Crippen LogP contribution in [0, 0.1) is 5.92 Å². The topological polar surface area (TPSA) is 52.6 Å². The van der Waals surface area contributed by atoms with Crippen molar-refractivity contribution in [2.75, 3.05) is 19.6 Å². The van der Waals surface area contributed by atoms with Gasteiger partial charge in [-0.2, -0.15) is 0 Å². The molecule has 98 valence electrons. The number of nitrogens with zero attached hydrogens (tertiary/aromatic N) is 1. The van der Waals surface area contributed by atoms with Crippen LogP contribution in [0.2, 0.25) is 0 Å². The highest BCUT2D eigenvalue weighted by Gasteiger charge is 2.27. The van der Waals surface area contributed by atoms with E-state index in [1.807, 2.05) is 13.8 Å². The number of hydrogen-bond acceptors (Lipinski definition) is 3. The van der Waals surface area contributed by atoms with E-state index in [4.69, 9.17) is 0 Å². The van der Waals surface area contributed by atoms with E-state index < -0.39 is 0 Å². The van der Waals surface area contributed by atoms with Gasteiger partial charge in [0.1, 0.15) is 0 Å². The zero-order valence-corrected chi connectivity index (χ0v) is 10.9. The van der Waals surface area contributed by atoms with Crippen LogP contribution in [0.15, 0.2) is 12.7 Å². The Labute approximate surface area is 104 Å². The average molecular weight is 240 g/mol. The minimum Gasteiger partial charge on any atom is -0.393 e. The molecule has 0 unspecified atom stereocenters. The molecular formula is C13H24N2O2. The normalized spacial score (nSPS) is 21.8. The van der Waals surface area contributed by atoms with Crippen molar-refractivity contribution in [1.82, 2.24) is 10.2 Å². The lowest BCUT2D eigenvalue weighted by Gasteiger charge is -2.36. The zero-order valence-electron chi connectivity index (χ0n) is 10.9. The molecule has 2 N–H and O–H groups in total. The SMILES string of the molecule is C=CCNC(=O)[C@@H](C)N1CCC([C@@H](C)O)CC1. The number of likely N-dealkylation sites (tertiary alicyclic amines) is 1. The summed E-state index contributed by atoms with van der Waals surface area (Å²) in [7, 11) is 0. The van der Waals surface area contributed by atoms with E-state index >= 15 is 0 Å². The van der Waals surface area contributed by atoms with Crippen molar-refractivity contribution in [2.45, 2.75) is 38.8 Å². The zero-order chi connectivity index (χ0) is 12.8. The summed E-state index contributed by atoms with van der Waals surface area (Å²) in [5.41, 5.74) is 0. The van der Waals surface area contributed by atoms with E-state index in [1.165, 1.54) is 0 Å². The van der Waals surface area contributed by atoms with Gasteiger partial charge in [-0.25, -0.2) is 0 Å². The fourth-order valence-electron chi connectivity index (χ4n) is 2.28. The highest BCUT2D eigenvalue weighted by atomic mass is 16.3. The van der Waals surface area contributed by atoms with E-state index in [-0.39, 0.29) is 18.1 Å². The van der Waals surface area contributed by atoms with Gasteiger partial charge in [-0.1, -0.05) is 6.08 Å². The predicted octanol–water partition coefficient (Wildman–Crippen LogP) is 0.770. The molecule has 0 aliphatic carbocycles. The molecule has 0 radical (unpaired) electrons. The molecule has 2 atom stereocenters. The fraction of sp³-hybridized carbons (Fsp3) is 0.769. The molecule has 1 amide bonds. The maximum absolute atomic E-state index is 11.8. The second-order valence-electron chi connectivity index (χ2n) is 4.82. The Morgan fingerprint density at radius 3 is 2.59 bits per heavy atom. The lowest BCUT2D eigenvalue weighted by Crippen LogP contribution is -2.49. The first kappa shape index (κ1) is 14.2. The van der Waals surface area contributed by atoms with Crippen LogP contribution in [0.4, 0.5) is 0 Å². The predicted molar refractivity (Wildman–Crippen MR) is 68.6 cm³/mol. The Morgan fingerprint density at radius 1 is 1.53 bits per heavy atom. The molecule has 1 fully saturated rings. The summed E-state index contributed by atoms with van der Waals surface area (Å²) in [6.45, 7) is 9.65. The van der Waals surface area contributed by atoms with Crippen LogP contribution in [-0.2, 0) is 4.79 Å². The Hall–Kier alpha value is -0.870. The number of rotatable bonds is 5. The third-order valence-electron chi connectivity index (χ3n) is 3.60. The van der Waals surface area contributed by atoms with Crippen LogP contribution >= 0.6 is 0 Å². The van der Waals surface area contributed by atoms with Crippen LogP contribution < -0.4 is 5.32 Å². The van der Waals surface area contributed by atoms with Crippen LogP contribution in [0.25, 0.3) is 0 Å². The van der Waals surface area contributed by atoms with Gasteiger partial charge in [0.25, 0.3) is 0 Å². The molecule has 0 spiro atoms. The summed E-state index contributed by atoms with van der Waals surface area (Å²) in [5, 5.41) is 12.3. The van der Waals surface area contributed by atoms with E-state index in [0.29, 0.717) is 12.5 Å². The summed E-state index contributed by atoms with van der Waals surface area (Å²) in [6.07, 6.45) is 3.39. The smallest absolute Gasteiger partial charge is 0.237 e. The van der Waals surface area contributed by atoms with Crippen molar-refractivity contribution in [1.29, 1.82) is 0 Å². The highest BCUT2D eigenvalue weighted by Crippen LogP contribution is 2.21. The van der Waals surface area contributed by atoms with E-state index in [2.05, 4.69) is 16.8 Å². The molecule has 17 heavy (non-hydrogen) atoms. The number of carbonyl (C=O) groups excluding carboxylic acids is 1. The number of aliphatic hydroxyl groups is 1. The quantitative estimate of drug-likeness (QED) is 0.698. The molecule has 4 heteroatoms. The van der Waals surface area contributed by atoms with Crippen molar-refractivity contribution in [3.05, 3.63) is 12.7 Å². The Balaban J connectivity index is 2.37. The third kappa shape index (κ3) is 4.13. The van der Waals surface area contributed by atoms with Gasteiger partial charge >= 0.3 is 0 Å². The molecule has 1 aliphatic rings. The van der Waals surface area contributed by atoms with Gasteiger partial charge < -0.3 is 10.4 Å². The number of piperidine rings is 1. The summed E-state index contributed by atoms with van der Waals surface area (Å²) in [6, 6.07) is -0.0927. The Bertz CT molecular complexity index is 258. The standard InChI is InChI=1S/C13H24N2O2/c1-4-7-14-13(17)10(2)15-8-5-12(6-9-15)11(3)16/h4,10-12,16H,1,5-9H2,2-3H3,(H,14,17)/t10-,11-/m1/s1. The van der Waals surface area contributed by atoms with E-state index in [1.54, 1.807) is 6.08 Å². The van der Waals surface area contributed by atoms with Gasteiger partial charge in [-0.15, -0.1) is 6.58 Å². The molecule has 1 saturated heterocycles. The first-order valence-electron chi connectivity index (χ1n) is 6.37. The summed E-state index contributed by atoms with van der Waals surface area (Å²) in [5.74, 6) is 0.440. The van der Waals surface area contributed by atoms with Crippen LogP contribution in [-0.4, -0.2) is 47.7 Å². The number of carbonyl (C=O) groups is 1. The van der Waals surface area contributed by atoms with Crippen molar-refractivity contribution >= 4 is 5.91 Å². The molecule has 0 bridgehead atoms. The van der Waals surface area contributed by atoms with Crippen LogP contribution in [0.1, 0.15) is 26.7 Å². The van der Waals surface area contributed by atoms with E-state index in [9.17, 15) is 9.90 Å². The number of aliphatic hydroxyl groups excluding tert-OH is 1. The molecular weight excluding hydrogens is 216 g/mol. The average Bonchev–Trinajstić information content (AvgIpc) is 2.35. The van der Waals surface area contributed by atoms with Gasteiger partial charge in [0.2, 0.25) is 5.91 Å². The number of nitrogens with one attached hydrogen (secondary N) is 1. The van der Waals surface area contributed by atoms with Gasteiger partial charge in [0.05, 0.1) is 12.1 Å². The third-order valence-corrected chi connectivity index (χ3v) is 3.60. The van der Waals surface area contributed by atoms with Crippen LogP contribution in [0.5, 0.6) is 0 Å². The molecule has 0 aromatic heterocycles. The first-order valence-corrected chi connectivity index (χ1v) is 6.37. The Kier molecular flexibility index (Phi) is 5.65. The fourth-order valence-corrected chi connectivity index (χ4v) is 2.28. The van der Waals surface area contributed by atoms with E-state index in [0.717, 1.165) is 25.9 Å². The largest absolute Gasteiger partial charge is 0.393 e. The summed E-state index contributed by atoms with van der Waals surface area (Å²) >= 11 is 0. The Morgan fingerprint density at radius 2 is 2.12 bits per heavy atom. The minimum absolute atomic E-state index is 0.0559. The molecule has 4 nitrogen and oxygen atoms in total. The second-order valence-corrected chi connectivity index (χ2v) is 4.82. The monoisotopic (exact) mass is 240 g/mol. The van der Waals surface area contributed by atoms with Crippen LogP contribution in [0.3, 0.4) is 0 Å². The van der Waals surface area contributed by atoms with Crippen molar-refractivity contribution in [2.24, 2.45) is 5.92 Å². The molecule has 1 heterocycles. The second kappa shape index (κ2) is 6.77. The minimum atomic E-state index is -0.234. The van der Waals surface area contributed by atoms with Gasteiger partial charge in [0.15, 0.2) is 0 Å². The maximum Gasteiger partial charge on any atom is 0.237 e. The number of hydrogen-bond donors (Lipinski definition) is 2. The molecule has 1 rings (SSSR count). The highest BCUT2D eigenvalue weighted by molar-refractivity contribution is 5.81. The molecule has 1 aliphatic heterocycles.